The molecule has 0 aromatic carbocycles. The maximum absolute atomic E-state index is 13.5. The van der Waals surface area contributed by atoms with Crippen molar-refractivity contribution in [3.05, 3.63) is 85.1 Å². The molecule has 0 spiro atoms. The van der Waals surface area contributed by atoms with Crippen LogP contribution >= 0.6 is 0 Å². The fraction of sp³-hybridized carbons (Fsp3) is 0.800. The first-order valence-electron chi connectivity index (χ1n) is 38.4. The molecule has 11 nitrogen and oxygen atoms in total. The lowest BCUT2D eigenvalue weighted by Gasteiger charge is -2.41. The Hall–Kier alpha value is -3.16. The summed E-state index contributed by atoms with van der Waals surface area (Å²) in [5.74, 6) is -1.19. The van der Waals surface area contributed by atoms with E-state index in [9.17, 15) is 35.1 Å². The van der Waals surface area contributed by atoms with Gasteiger partial charge in [0.15, 0.2) is 12.4 Å². The Balaban J connectivity index is 2.55. The van der Waals surface area contributed by atoms with Crippen molar-refractivity contribution in [1.29, 1.82) is 0 Å². The van der Waals surface area contributed by atoms with E-state index in [0.29, 0.717) is 12.8 Å². The molecule has 0 saturated carbocycles. The predicted molar refractivity (Wildman–Crippen MR) is 384 cm³/mol. The van der Waals surface area contributed by atoms with Crippen molar-refractivity contribution in [3.63, 3.8) is 0 Å². The molecule has 1 saturated heterocycles. The molecule has 0 aliphatic carbocycles. The van der Waals surface area contributed by atoms with Crippen LogP contribution in [0, 0.1) is 0 Å². The molecule has 11 heteroatoms. The quantitative estimate of drug-likeness (QED) is 0.0195. The number of esters is 1. The summed E-state index contributed by atoms with van der Waals surface area (Å²) in [7, 11) is 0. The SMILES string of the molecule is CCCCC/C=C\C/C=C\C/C=C\C/C=C\CCCCCCCCCCC(O)C(=O)NC(COC1OC(CO)C(O)C(O)C1OC(=O)CCCCCCCCCCCCCCCCC/C=C\C/C=C\CCCCC)C(O)/C=C/CCCCCCCCCCCCC. The fourth-order valence-electron chi connectivity index (χ4n) is 11.7. The second kappa shape index (κ2) is 66.8. The molecular weight excluding hydrogens is 1130 g/mol. The molecule has 1 amide bonds. The van der Waals surface area contributed by atoms with Gasteiger partial charge in [0.2, 0.25) is 5.91 Å². The summed E-state index contributed by atoms with van der Waals surface area (Å²) in [5, 5.41) is 57.4. The van der Waals surface area contributed by atoms with Gasteiger partial charge in [-0.1, -0.05) is 324 Å². The average molecular weight is 1280 g/mol. The molecule has 0 aromatic rings. The monoisotopic (exact) mass is 1280 g/mol. The van der Waals surface area contributed by atoms with Crippen LogP contribution in [-0.2, 0) is 23.8 Å². The molecule has 0 aromatic heterocycles. The van der Waals surface area contributed by atoms with Gasteiger partial charge in [0.25, 0.3) is 0 Å². The molecule has 1 rings (SSSR count). The first-order chi connectivity index (χ1) is 44.7. The standard InChI is InChI=1S/C80H143NO10/c1-4-7-10-13-16-19-22-25-27-29-31-33-35-37-39-41-43-45-47-50-53-56-59-62-65-68-75(85)91-78-77(87)76(86)74(69-82)90-80(78)89-70-71(72(83)66-63-60-57-54-51-48-24-21-18-15-12-9-6-3)81-79(88)73(84)67-64-61-58-55-52-49-46-44-42-40-38-36-34-32-30-28-26-23-20-17-14-11-8-5-2/h16-17,19-20,25-28,32,34,38,40,63,66,71-74,76-78,80,82-84,86-87H,4-15,18,21-24,29-31,33,35-37,39,41-62,64-65,67-70H2,1-3H3,(H,81,88)/b19-16-,20-17-,27-25-,28-26-,34-32-,40-38-,66-63+. The first-order valence-corrected chi connectivity index (χ1v) is 38.4. The second-order valence-corrected chi connectivity index (χ2v) is 26.4. The number of ether oxygens (including phenoxy) is 3. The molecule has 528 valence electrons. The van der Waals surface area contributed by atoms with Crippen molar-refractivity contribution in [3.8, 4) is 0 Å². The van der Waals surface area contributed by atoms with Gasteiger partial charge in [-0.2, -0.15) is 0 Å². The topological polar surface area (TPSA) is 175 Å². The van der Waals surface area contributed by atoms with Crippen molar-refractivity contribution in [2.24, 2.45) is 0 Å². The van der Waals surface area contributed by atoms with Crippen LogP contribution in [0.25, 0.3) is 0 Å². The Labute approximate surface area is 559 Å². The number of aliphatic hydroxyl groups is 5. The predicted octanol–water partition coefficient (Wildman–Crippen LogP) is 20.4. The molecule has 8 unspecified atom stereocenters. The van der Waals surface area contributed by atoms with E-state index in [1.807, 2.05) is 6.08 Å². The van der Waals surface area contributed by atoms with Gasteiger partial charge in [-0.3, -0.25) is 9.59 Å². The van der Waals surface area contributed by atoms with Crippen LogP contribution in [0.1, 0.15) is 348 Å². The van der Waals surface area contributed by atoms with Gasteiger partial charge in [0, 0.05) is 6.42 Å². The summed E-state index contributed by atoms with van der Waals surface area (Å²) < 4.78 is 17.7. The van der Waals surface area contributed by atoms with Crippen molar-refractivity contribution in [2.75, 3.05) is 13.2 Å². The van der Waals surface area contributed by atoms with Crippen LogP contribution in [0.2, 0.25) is 0 Å². The summed E-state index contributed by atoms with van der Waals surface area (Å²) in [5.41, 5.74) is 0. The summed E-state index contributed by atoms with van der Waals surface area (Å²) in [4.78, 5) is 26.8. The van der Waals surface area contributed by atoms with Gasteiger partial charge in [0.05, 0.1) is 25.4 Å². The smallest absolute Gasteiger partial charge is 0.306 e. The molecule has 0 bridgehead atoms. The minimum atomic E-state index is -1.62. The van der Waals surface area contributed by atoms with Crippen molar-refractivity contribution in [1.82, 2.24) is 5.32 Å². The molecule has 1 fully saturated rings. The van der Waals surface area contributed by atoms with E-state index >= 15 is 0 Å². The van der Waals surface area contributed by atoms with E-state index in [-0.39, 0.29) is 19.4 Å². The molecule has 0 radical (unpaired) electrons. The number of nitrogens with one attached hydrogen (secondary N) is 1. The zero-order valence-corrected chi connectivity index (χ0v) is 59.0. The highest BCUT2D eigenvalue weighted by Crippen LogP contribution is 2.26. The number of hydrogen-bond donors (Lipinski definition) is 6. The number of carbonyl (C=O) groups excluding carboxylic acids is 2. The lowest BCUT2D eigenvalue weighted by Crippen LogP contribution is -2.61. The van der Waals surface area contributed by atoms with Gasteiger partial charge in [-0.15, -0.1) is 0 Å². The number of carbonyl (C=O) groups is 2. The van der Waals surface area contributed by atoms with Crippen LogP contribution in [0.5, 0.6) is 0 Å². The third kappa shape index (κ3) is 53.7. The van der Waals surface area contributed by atoms with E-state index in [1.165, 1.54) is 212 Å². The average Bonchev–Trinajstić information content (AvgIpc) is 1.00. The maximum Gasteiger partial charge on any atom is 0.306 e. The molecule has 6 N–H and O–H groups in total. The van der Waals surface area contributed by atoms with Gasteiger partial charge in [-0.05, 0) is 103 Å². The minimum Gasteiger partial charge on any atom is -0.454 e. The number of amides is 1. The Bertz CT molecular complexity index is 1810. The minimum absolute atomic E-state index is 0.122. The van der Waals surface area contributed by atoms with Crippen LogP contribution < -0.4 is 5.32 Å². The highest BCUT2D eigenvalue weighted by atomic mass is 16.7. The zero-order chi connectivity index (χ0) is 66.0. The first kappa shape index (κ1) is 85.9. The van der Waals surface area contributed by atoms with Crippen LogP contribution in [0.4, 0.5) is 0 Å². The largest absolute Gasteiger partial charge is 0.454 e. The zero-order valence-electron chi connectivity index (χ0n) is 59.0. The Kier molecular flexibility index (Phi) is 63.1. The molecule has 91 heavy (non-hydrogen) atoms. The van der Waals surface area contributed by atoms with E-state index < -0.39 is 67.4 Å². The van der Waals surface area contributed by atoms with Gasteiger partial charge < -0.3 is 45.1 Å². The van der Waals surface area contributed by atoms with Crippen LogP contribution in [0.15, 0.2) is 85.1 Å². The molecule has 8 atom stereocenters. The highest BCUT2D eigenvalue weighted by Gasteiger charge is 2.47. The van der Waals surface area contributed by atoms with Crippen molar-refractivity contribution >= 4 is 11.9 Å². The fourth-order valence-corrected chi connectivity index (χ4v) is 11.7. The number of rotatable bonds is 66. The molecule has 1 heterocycles. The molecule has 1 aliphatic rings. The van der Waals surface area contributed by atoms with E-state index in [1.54, 1.807) is 6.08 Å². The Morgan fingerprint density at radius 1 is 0.429 bits per heavy atom. The van der Waals surface area contributed by atoms with Gasteiger partial charge in [-0.25, -0.2) is 0 Å². The molecule has 1 aliphatic heterocycles. The lowest BCUT2D eigenvalue weighted by atomic mass is 9.99. The number of allylic oxidation sites excluding steroid dienone is 13. The number of unbranched alkanes of at least 4 members (excludes halogenated alkanes) is 40. The van der Waals surface area contributed by atoms with Gasteiger partial charge in [0.1, 0.15) is 24.4 Å². The Morgan fingerprint density at radius 3 is 1.15 bits per heavy atom. The summed E-state index contributed by atoms with van der Waals surface area (Å²) >= 11 is 0. The second-order valence-electron chi connectivity index (χ2n) is 26.4. The normalized spacial score (nSPS) is 18.4. The van der Waals surface area contributed by atoms with E-state index in [0.717, 1.165) is 89.9 Å². The third-order valence-corrected chi connectivity index (χ3v) is 17.8. The van der Waals surface area contributed by atoms with E-state index in [2.05, 4.69) is 99.0 Å². The summed E-state index contributed by atoms with van der Waals surface area (Å²) in [6, 6.07) is -1.03. The van der Waals surface area contributed by atoms with Crippen LogP contribution in [0.3, 0.4) is 0 Å². The Morgan fingerprint density at radius 2 is 0.758 bits per heavy atom. The lowest BCUT2D eigenvalue weighted by molar-refractivity contribution is -0.305. The van der Waals surface area contributed by atoms with Crippen LogP contribution in [-0.4, -0.2) is 99.6 Å². The third-order valence-electron chi connectivity index (χ3n) is 17.8. The number of aliphatic hydroxyl groups excluding tert-OH is 5. The summed E-state index contributed by atoms with van der Waals surface area (Å²) in [6.07, 6.45) is 79.0. The van der Waals surface area contributed by atoms with E-state index in [4.69, 9.17) is 14.2 Å². The maximum atomic E-state index is 13.5. The summed E-state index contributed by atoms with van der Waals surface area (Å²) in [6.45, 7) is 5.78. The van der Waals surface area contributed by atoms with Crippen molar-refractivity contribution < 1.29 is 49.3 Å². The van der Waals surface area contributed by atoms with Crippen molar-refractivity contribution in [2.45, 2.75) is 397 Å². The van der Waals surface area contributed by atoms with Gasteiger partial charge >= 0.3 is 5.97 Å². The number of hydrogen-bond acceptors (Lipinski definition) is 10. The molecular formula is C80H143NO10. The highest BCUT2D eigenvalue weighted by molar-refractivity contribution is 5.80.